The van der Waals surface area contributed by atoms with E-state index in [1.165, 1.54) is 11.1 Å². The average Bonchev–Trinajstić information content (AvgIpc) is 2.86. The van der Waals surface area contributed by atoms with Crippen molar-refractivity contribution in [2.24, 2.45) is 7.05 Å². The summed E-state index contributed by atoms with van der Waals surface area (Å²) in [6.07, 6.45) is 1.71. The molecule has 0 N–H and O–H groups in total. The van der Waals surface area contributed by atoms with Crippen molar-refractivity contribution in [2.75, 3.05) is 0 Å². The van der Waals surface area contributed by atoms with Crippen molar-refractivity contribution in [1.29, 1.82) is 0 Å². The van der Waals surface area contributed by atoms with Gasteiger partial charge < -0.3 is 4.57 Å². The SMILES string of the molecule is Cn1cnnc1-c1ccc(-c2ccccc2)cc1. The van der Waals surface area contributed by atoms with E-state index in [2.05, 4.69) is 46.6 Å². The molecule has 0 aliphatic carbocycles. The van der Waals surface area contributed by atoms with Crippen molar-refractivity contribution >= 4 is 0 Å². The van der Waals surface area contributed by atoms with Crippen molar-refractivity contribution < 1.29 is 0 Å². The minimum absolute atomic E-state index is 0.884. The molecule has 0 aliphatic heterocycles. The lowest BCUT2D eigenvalue weighted by molar-refractivity contribution is 0.920. The summed E-state index contributed by atoms with van der Waals surface area (Å²) in [6.45, 7) is 0. The van der Waals surface area contributed by atoms with Gasteiger partial charge in [0.2, 0.25) is 0 Å². The van der Waals surface area contributed by atoms with Crippen LogP contribution in [0, 0.1) is 0 Å². The lowest BCUT2D eigenvalue weighted by atomic mass is 10.0. The van der Waals surface area contributed by atoms with Gasteiger partial charge in [0.25, 0.3) is 0 Å². The summed E-state index contributed by atoms with van der Waals surface area (Å²) in [4.78, 5) is 0. The van der Waals surface area contributed by atoms with E-state index in [-0.39, 0.29) is 0 Å². The second-order valence-electron chi connectivity index (χ2n) is 4.21. The molecule has 1 aromatic heterocycles. The second-order valence-corrected chi connectivity index (χ2v) is 4.21. The third-order valence-electron chi connectivity index (χ3n) is 2.96. The third-order valence-corrected chi connectivity index (χ3v) is 2.96. The molecule has 0 unspecified atom stereocenters. The highest BCUT2D eigenvalue weighted by atomic mass is 15.2. The van der Waals surface area contributed by atoms with Crippen LogP contribution in [0.1, 0.15) is 0 Å². The first-order valence-electron chi connectivity index (χ1n) is 5.84. The van der Waals surface area contributed by atoms with E-state index in [0.717, 1.165) is 11.4 Å². The molecule has 0 atom stereocenters. The molecule has 3 nitrogen and oxygen atoms in total. The number of hydrogen-bond donors (Lipinski definition) is 0. The van der Waals surface area contributed by atoms with Crippen LogP contribution in [0.2, 0.25) is 0 Å². The summed E-state index contributed by atoms with van der Waals surface area (Å²) < 4.78 is 1.91. The Hall–Kier alpha value is -2.42. The number of rotatable bonds is 2. The topological polar surface area (TPSA) is 30.7 Å². The van der Waals surface area contributed by atoms with E-state index < -0.39 is 0 Å². The first-order valence-corrected chi connectivity index (χ1v) is 5.84. The fraction of sp³-hybridized carbons (Fsp3) is 0.0667. The molecule has 3 heteroatoms. The van der Waals surface area contributed by atoms with Gasteiger partial charge in [0.05, 0.1) is 0 Å². The van der Waals surface area contributed by atoms with Crippen LogP contribution >= 0.6 is 0 Å². The molecule has 0 aliphatic rings. The van der Waals surface area contributed by atoms with Crippen molar-refractivity contribution in [1.82, 2.24) is 14.8 Å². The molecular weight excluding hydrogens is 222 g/mol. The molecule has 0 radical (unpaired) electrons. The smallest absolute Gasteiger partial charge is 0.163 e. The van der Waals surface area contributed by atoms with Gasteiger partial charge in [0.15, 0.2) is 5.82 Å². The molecule has 0 bridgehead atoms. The van der Waals surface area contributed by atoms with Gasteiger partial charge >= 0.3 is 0 Å². The summed E-state index contributed by atoms with van der Waals surface area (Å²) >= 11 is 0. The number of nitrogens with zero attached hydrogens (tertiary/aromatic N) is 3. The molecule has 88 valence electrons. The number of hydrogen-bond acceptors (Lipinski definition) is 2. The van der Waals surface area contributed by atoms with Crippen LogP contribution in [0.4, 0.5) is 0 Å². The summed E-state index contributed by atoms with van der Waals surface area (Å²) in [5.41, 5.74) is 3.51. The van der Waals surface area contributed by atoms with Gasteiger partial charge in [-0.15, -0.1) is 10.2 Å². The lowest BCUT2D eigenvalue weighted by Gasteiger charge is -2.04. The first-order chi connectivity index (χ1) is 8.84. The monoisotopic (exact) mass is 235 g/mol. The van der Waals surface area contributed by atoms with E-state index in [1.807, 2.05) is 29.8 Å². The maximum Gasteiger partial charge on any atom is 0.163 e. The zero-order chi connectivity index (χ0) is 12.4. The molecule has 0 fully saturated rings. The normalized spacial score (nSPS) is 10.5. The number of benzene rings is 2. The molecule has 0 spiro atoms. The zero-order valence-corrected chi connectivity index (χ0v) is 10.1. The Morgan fingerprint density at radius 3 is 2.00 bits per heavy atom. The molecule has 2 aromatic carbocycles. The van der Waals surface area contributed by atoms with E-state index in [0.29, 0.717) is 0 Å². The lowest BCUT2D eigenvalue weighted by Crippen LogP contribution is -1.90. The Labute approximate surface area is 106 Å². The van der Waals surface area contributed by atoms with E-state index in [9.17, 15) is 0 Å². The van der Waals surface area contributed by atoms with Gasteiger partial charge in [-0.3, -0.25) is 0 Å². The van der Waals surface area contributed by atoms with Gasteiger partial charge in [0.1, 0.15) is 6.33 Å². The molecule has 18 heavy (non-hydrogen) atoms. The molecule has 0 amide bonds. The van der Waals surface area contributed by atoms with Crippen molar-refractivity contribution in [3.05, 3.63) is 60.9 Å². The molecule has 3 aromatic rings. The molecular formula is C15H13N3. The van der Waals surface area contributed by atoms with Gasteiger partial charge in [-0.25, -0.2) is 0 Å². The van der Waals surface area contributed by atoms with E-state index in [4.69, 9.17) is 0 Å². The minimum Gasteiger partial charge on any atom is -0.317 e. The Bertz CT molecular complexity index is 639. The summed E-state index contributed by atoms with van der Waals surface area (Å²) in [5.74, 6) is 0.884. The van der Waals surface area contributed by atoms with Crippen LogP contribution in [0.25, 0.3) is 22.5 Å². The van der Waals surface area contributed by atoms with Gasteiger partial charge in [-0.2, -0.15) is 0 Å². The van der Waals surface area contributed by atoms with Gasteiger partial charge in [0, 0.05) is 12.6 Å². The number of aromatic nitrogens is 3. The number of aryl methyl sites for hydroxylation is 1. The highest BCUT2D eigenvalue weighted by Gasteiger charge is 2.04. The summed E-state index contributed by atoms with van der Waals surface area (Å²) in [6, 6.07) is 18.7. The Balaban J connectivity index is 1.97. The maximum absolute atomic E-state index is 4.10. The fourth-order valence-electron chi connectivity index (χ4n) is 1.99. The van der Waals surface area contributed by atoms with Crippen molar-refractivity contribution in [3.63, 3.8) is 0 Å². The van der Waals surface area contributed by atoms with E-state index >= 15 is 0 Å². The summed E-state index contributed by atoms with van der Waals surface area (Å²) in [7, 11) is 1.94. The minimum atomic E-state index is 0.884. The standard InChI is InChI=1S/C15H13N3/c1-18-11-16-17-15(18)14-9-7-13(8-10-14)12-5-3-2-4-6-12/h2-11H,1H3. The van der Waals surface area contributed by atoms with Gasteiger partial charge in [-0.05, 0) is 11.1 Å². The van der Waals surface area contributed by atoms with Crippen LogP contribution in [0.15, 0.2) is 60.9 Å². The molecule has 0 saturated carbocycles. The average molecular weight is 235 g/mol. The van der Waals surface area contributed by atoms with Crippen LogP contribution in [0.3, 0.4) is 0 Å². The van der Waals surface area contributed by atoms with Crippen LogP contribution in [-0.2, 0) is 7.05 Å². The second kappa shape index (κ2) is 4.45. The predicted octanol–water partition coefficient (Wildman–Crippen LogP) is 3.15. The summed E-state index contributed by atoms with van der Waals surface area (Å²) in [5, 5.41) is 7.99. The molecule has 3 rings (SSSR count). The van der Waals surface area contributed by atoms with Crippen molar-refractivity contribution in [3.8, 4) is 22.5 Å². The predicted molar refractivity (Wildman–Crippen MR) is 71.9 cm³/mol. The molecule has 0 saturated heterocycles. The van der Waals surface area contributed by atoms with E-state index in [1.54, 1.807) is 6.33 Å². The quantitative estimate of drug-likeness (QED) is 0.683. The largest absolute Gasteiger partial charge is 0.317 e. The fourth-order valence-corrected chi connectivity index (χ4v) is 1.99. The van der Waals surface area contributed by atoms with Crippen LogP contribution < -0.4 is 0 Å². The Kier molecular flexibility index (Phi) is 2.65. The molecule has 1 heterocycles. The third kappa shape index (κ3) is 1.91. The highest BCUT2D eigenvalue weighted by Crippen LogP contribution is 2.23. The van der Waals surface area contributed by atoms with Gasteiger partial charge in [-0.1, -0.05) is 54.6 Å². The first kappa shape index (κ1) is 10.7. The Morgan fingerprint density at radius 2 is 1.39 bits per heavy atom. The van der Waals surface area contributed by atoms with Crippen molar-refractivity contribution in [2.45, 2.75) is 0 Å². The van der Waals surface area contributed by atoms with Crippen LogP contribution in [-0.4, -0.2) is 14.8 Å². The maximum atomic E-state index is 4.10. The Morgan fingerprint density at radius 1 is 0.778 bits per heavy atom. The highest BCUT2D eigenvalue weighted by molar-refractivity contribution is 5.67. The van der Waals surface area contributed by atoms with Crippen LogP contribution in [0.5, 0.6) is 0 Å². The zero-order valence-electron chi connectivity index (χ0n) is 10.1.